The van der Waals surface area contributed by atoms with Crippen molar-refractivity contribution >= 4 is 11.6 Å². The van der Waals surface area contributed by atoms with Crippen LogP contribution in [0.3, 0.4) is 0 Å². The van der Waals surface area contributed by atoms with Crippen LogP contribution in [0.2, 0.25) is 5.15 Å². The zero-order valence-corrected chi connectivity index (χ0v) is 7.30. The summed E-state index contributed by atoms with van der Waals surface area (Å²) in [7, 11) is 0. The molecule has 4 heteroatoms. The molecule has 0 fully saturated rings. The van der Waals surface area contributed by atoms with Crippen LogP contribution in [-0.2, 0) is 6.54 Å². The molecule has 1 aromatic heterocycles. The van der Waals surface area contributed by atoms with E-state index in [0.29, 0.717) is 6.54 Å². The maximum absolute atomic E-state index is 11.1. The van der Waals surface area contributed by atoms with Crippen LogP contribution in [-0.4, -0.2) is 9.55 Å². The fourth-order valence-electron chi connectivity index (χ4n) is 0.687. The minimum absolute atomic E-state index is 0.183. The summed E-state index contributed by atoms with van der Waals surface area (Å²) < 4.78 is 1.39. The second-order valence-corrected chi connectivity index (χ2v) is 2.49. The molecule has 0 amide bonds. The number of nitrogens with zero attached hydrogens (tertiary/aromatic N) is 2. The summed E-state index contributed by atoms with van der Waals surface area (Å²) in [5, 5.41) is 0.209. The summed E-state index contributed by atoms with van der Waals surface area (Å²) in [6.45, 7) is 2.08. The molecular weight excluding hydrogens is 176 g/mol. The van der Waals surface area contributed by atoms with E-state index in [2.05, 4.69) is 16.8 Å². The quantitative estimate of drug-likeness (QED) is 0.478. The molecule has 62 valence electrons. The highest BCUT2D eigenvalue weighted by molar-refractivity contribution is 6.29. The number of aromatic nitrogens is 2. The smallest absolute Gasteiger partial charge is 0.255 e. The van der Waals surface area contributed by atoms with Crippen LogP contribution in [0.5, 0.6) is 0 Å². The Labute approximate surface area is 75.0 Å². The molecule has 0 aliphatic rings. The predicted octanol–water partition coefficient (Wildman–Crippen LogP) is 0.920. The van der Waals surface area contributed by atoms with Crippen molar-refractivity contribution in [3.63, 3.8) is 0 Å². The van der Waals surface area contributed by atoms with Crippen molar-refractivity contribution in [2.24, 2.45) is 0 Å². The fraction of sp³-hybridized carbons (Fsp3) is 0.250. The highest BCUT2D eigenvalue weighted by Gasteiger charge is 1.94. The van der Waals surface area contributed by atoms with Gasteiger partial charge in [0.05, 0.1) is 6.54 Å². The number of rotatable bonds is 1. The molecule has 0 aliphatic heterocycles. The molecule has 1 heterocycles. The van der Waals surface area contributed by atoms with Gasteiger partial charge in [-0.25, -0.2) is 4.98 Å². The normalized spacial score (nSPS) is 8.83. The van der Waals surface area contributed by atoms with E-state index < -0.39 is 0 Å². The fourth-order valence-corrected chi connectivity index (χ4v) is 0.824. The molecule has 0 aromatic carbocycles. The van der Waals surface area contributed by atoms with Gasteiger partial charge in [-0.1, -0.05) is 17.5 Å². The van der Waals surface area contributed by atoms with E-state index in [1.807, 2.05) is 0 Å². The number of hydrogen-bond acceptors (Lipinski definition) is 2. The Hall–Kier alpha value is -1.27. The van der Waals surface area contributed by atoms with Gasteiger partial charge in [-0.05, 0) is 6.92 Å². The SMILES string of the molecule is CC#CCn1cnc(Cl)cc1=O. The molecule has 0 spiro atoms. The van der Waals surface area contributed by atoms with Crippen molar-refractivity contribution in [1.82, 2.24) is 9.55 Å². The van der Waals surface area contributed by atoms with Crippen LogP contribution >= 0.6 is 11.6 Å². The van der Waals surface area contributed by atoms with Gasteiger partial charge in [0, 0.05) is 6.07 Å². The lowest BCUT2D eigenvalue weighted by Gasteiger charge is -1.97. The third-order valence-electron chi connectivity index (χ3n) is 1.27. The molecule has 0 atom stereocenters. The summed E-state index contributed by atoms with van der Waals surface area (Å²) in [5.74, 6) is 5.44. The van der Waals surface area contributed by atoms with Gasteiger partial charge in [-0.2, -0.15) is 0 Å². The zero-order chi connectivity index (χ0) is 8.97. The summed E-state index contributed by atoms with van der Waals surface area (Å²) >= 11 is 5.49. The zero-order valence-electron chi connectivity index (χ0n) is 6.54. The van der Waals surface area contributed by atoms with Crippen molar-refractivity contribution < 1.29 is 0 Å². The summed E-state index contributed by atoms with van der Waals surface area (Å²) in [4.78, 5) is 14.9. The summed E-state index contributed by atoms with van der Waals surface area (Å²) in [6, 6.07) is 1.26. The Morgan fingerprint density at radius 1 is 1.75 bits per heavy atom. The van der Waals surface area contributed by atoms with E-state index in [-0.39, 0.29) is 10.7 Å². The van der Waals surface area contributed by atoms with E-state index in [1.54, 1.807) is 6.92 Å². The van der Waals surface area contributed by atoms with E-state index >= 15 is 0 Å². The molecule has 1 rings (SSSR count). The molecule has 0 radical (unpaired) electrons. The highest BCUT2D eigenvalue weighted by Crippen LogP contribution is 1.95. The van der Waals surface area contributed by atoms with Crippen LogP contribution in [0, 0.1) is 11.8 Å². The van der Waals surface area contributed by atoms with Gasteiger partial charge in [-0.15, -0.1) is 5.92 Å². The first-order valence-electron chi connectivity index (χ1n) is 3.35. The van der Waals surface area contributed by atoms with Crippen LogP contribution in [0.15, 0.2) is 17.2 Å². The van der Waals surface area contributed by atoms with Crippen LogP contribution in [0.4, 0.5) is 0 Å². The highest BCUT2D eigenvalue weighted by atomic mass is 35.5. The van der Waals surface area contributed by atoms with Crippen molar-refractivity contribution in [3.8, 4) is 11.8 Å². The first-order valence-corrected chi connectivity index (χ1v) is 3.73. The molecular formula is C8H7ClN2O. The van der Waals surface area contributed by atoms with Gasteiger partial charge >= 0.3 is 0 Å². The third-order valence-corrected chi connectivity index (χ3v) is 1.48. The molecule has 0 bridgehead atoms. The Bertz CT molecular complexity index is 386. The van der Waals surface area contributed by atoms with E-state index in [9.17, 15) is 4.79 Å². The first kappa shape index (κ1) is 8.82. The average molecular weight is 183 g/mol. The van der Waals surface area contributed by atoms with Crippen molar-refractivity contribution in [3.05, 3.63) is 27.9 Å². The van der Waals surface area contributed by atoms with E-state index in [0.717, 1.165) is 0 Å². The monoisotopic (exact) mass is 182 g/mol. The molecule has 0 saturated heterocycles. The predicted molar refractivity (Wildman–Crippen MR) is 47.0 cm³/mol. The van der Waals surface area contributed by atoms with Gasteiger partial charge in [0.1, 0.15) is 11.5 Å². The molecule has 0 aliphatic carbocycles. The minimum Gasteiger partial charge on any atom is -0.287 e. The largest absolute Gasteiger partial charge is 0.287 e. The van der Waals surface area contributed by atoms with Gasteiger partial charge < -0.3 is 0 Å². The Kier molecular flexibility index (Phi) is 2.89. The minimum atomic E-state index is -0.183. The topological polar surface area (TPSA) is 34.9 Å². The van der Waals surface area contributed by atoms with Crippen LogP contribution in [0.1, 0.15) is 6.92 Å². The Balaban J connectivity index is 2.99. The van der Waals surface area contributed by atoms with Gasteiger partial charge in [-0.3, -0.25) is 9.36 Å². The lowest BCUT2D eigenvalue weighted by molar-refractivity contribution is 0.768. The molecule has 0 saturated carbocycles. The average Bonchev–Trinajstić information content (AvgIpc) is 2.03. The first-order chi connectivity index (χ1) is 5.74. The lowest BCUT2D eigenvalue weighted by Crippen LogP contribution is -2.18. The van der Waals surface area contributed by atoms with Crippen LogP contribution in [0.25, 0.3) is 0 Å². The maximum atomic E-state index is 11.1. The van der Waals surface area contributed by atoms with Crippen molar-refractivity contribution in [1.29, 1.82) is 0 Å². The van der Waals surface area contributed by atoms with E-state index in [4.69, 9.17) is 11.6 Å². The third kappa shape index (κ3) is 2.11. The Morgan fingerprint density at radius 2 is 2.50 bits per heavy atom. The molecule has 1 aromatic rings. The lowest BCUT2D eigenvalue weighted by atomic mass is 10.5. The molecule has 0 N–H and O–H groups in total. The van der Waals surface area contributed by atoms with Gasteiger partial charge in [0.2, 0.25) is 0 Å². The second kappa shape index (κ2) is 3.93. The maximum Gasteiger partial charge on any atom is 0.255 e. The number of halogens is 1. The summed E-state index contributed by atoms with van der Waals surface area (Å²) in [5.41, 5.74) is -0.183. The molecule has 0 unspecified atom stereocenters. The molecule has 3 nitrogen and oxygen atoms in total. The number of hydrogen-bond donors (Lipinski definition) is 0. The van der Waals surface area contributed by atoms with Crippen molar-refractivity contribution in [2.75, 3.05) is 0 Å². The standard InChI is InChI=1S/C8H7ClN2O/c1-2-3-4-11-6-10-7(9)5-8(11)12/h5-6H,4H2,1H3. The van der Waals surface area contributed by atoms with E-state index in [1.165, 1.54) is 17.0 Å². The summed E-state index contributed by atoms with van der Waals surface area (Å²) in [6.07, 6.45) is 1.38. The van der Waals surface area contributed by atoms with Gasteiger partial charge in [0.25, 0.3) is 5.56 Å². The van der Waals surface area contributed by atoms with Crippen molar-refractivity contribution in [2.45, 2.75) is 13.5 Å². The van der Waals surface area contributed by atoms with Gasteiger partial charge in [0.15, 0.2) is 0 Å². The second-order valence-electron chi connectivity index (χ2n) is 2.10. The molecule has 12 heavy (non-hydrogen) atoms. The van der Waals surface area contributed by atoms with Crippen LogP contribution < -0.4 is 5.56 Å². The Morgan fingerprint density at radius 3 is 3.08 bits per heavy atom.